The summed E-state index contributed by atoms with van der Waals surface area (Å²) in [6, 6.07) is 12.9. The van der Waals surface area contributed by atoms with Crippen molar-refractivity contribution in [3.05, 3.63) is 46.7 Å². The van der Waals surface area contributed by atoms with Gasteiger partial charge in [0.15, 0.2) is 0 Å². The van der Waals surface area contributed by atoms with Crippen LogP contribution in [0.5, 0.6) is 0 Å². The third-order valence-electron chi connectivity index (χ3n) is 5.12. The van der Waals surface area contributed by atoms with Crippen molar-refractivity contribution in [2.45, 2.75) is 44.6 Å². The van der Waals surface area contributed by atoms with Crippen LogP contribution in [0.4, 0.5) is 11.4 Å². The Labute approximate surface area is 147 Å². The van der Waals surface area contributed by atoms with Crippen LogP contribution in [-0.2, 0) is 4.79 Å². The van der Waals surface area contributed by atoms with Crippen molar-refractivity contribution < 1.29 is 4.79 Å². The van der Waals surface area contributed by atoms with Crippen LogP contribution in [0, 0.1) is 11.8 Å². The van der Waals surface area contributed by atoms with E-state index in [-0.39, 0.29) is 11.8 Å². The molecule has 2 aromatic rings. The molecule has 1 aromatic heterocycles. The average Bonchev–Trinajstić information content (AvgIpc) is 3.08. The van der Waals surface area contributed by atoms with Crippen molar-refractivity contribution >= 4 is 28.6 Å². The normalized spacial score (nSPS) is 19.2. The van der Waals surface area contributed by atoms with Crippen molar-refractivity contribution in [1.82, 2.24) is 0 Å². The molecule has 1 atom stereocenters. The van der Waals surface area contributed by atoms with Gasteiger partial charge in [0, 0.05) is 22.2 Å². The minimum absolute atomic E-state index is 0.165. The van der Waals surface area contributed by atoms with E-state index in [1.54, 1.807) is 0 Å². The van der Waals surface area contributed by atoms with Gasteiger partial charge in [0.05, 0.1) is 6.04 Å². The number of rotatable bonds is 6. The number of amides is 1. The largest absolute Gasteiger partial charge is 0.377 e. The molecule has 4 heteroatoms. The molecule has 2 aliphatic rings. The molecule has 4 rings (SSSR count). The summed E-state index contributed by atoms with van der Waals surface area (Å²) >= 11 is 1.83. The first kappa shape index (κ1) is 15.7. The number of nitrogens with one attached hydrogen (secondary N) is 2. The Balaban J connectivity index is 1.50. The maximum Gasteiger partial charge on any atom is 0.227 e. The van der Waals surface area contributed by atoms with Crippen molar-refractivity contribution in [3.63, 3.8) is 0 Å². The molecule has 0 aliphatic heterocycles. The molecule has 0 spiro atoms. The third kappa shape index (κ3) is 3.64. The van der Waals surface area contributed by atoms with Gasteiger partial charge in [-0.15, -0.1) is 11.3 Å². The van der Waals surface area contributed by atoms with Gasteiger partial charge in [0.25, 0.3) is 0 Å². The second-order valence-electron chi connectivity index (χ2n) is 7.03. The summed E-state index contributed by atoms with van der Waals surface area (Å²) in [5.41, 5.74) is 1.99. The number of carbonyl (C=O) groups is 1. The van der Waals surface area contributed by atoms with Crippen molar-refractivity contribution in [3.8, 4) is 0 Å². The lowest BCUT2D eigenvalue weighted by Crippen LogP contribution is -2.18. The van der Waals surface area contributed by atoms with Crippen molar-refractivity contribution in [2.24, 2.45) is 11.8 Å². The number of benzene rings is 1. The molecule has 2 aliphatic carbocycles. The van der Waals surface area contributed by atoms with Crippen LogP contribution in [0.15, 0.2) is 41.8 Å². The lowest BCUT2D eigenvalue weighted by molar-refractivity contribution is -0.117. The fraction of sp³-hybridized carbons (Fsp3) is 0.450. The molecule has 1 heterocycles. The van der Waals surface area contributed by atoms with E-state index < -0.39 is 0 Å². The van der Waals surface area contributed by atoms with Crippen LogP contribution in [0.3, 0.4) is 0 Å². The maximum absolute atomic E-state index is 12.0. The zero-order chi connectivity index (χ0) is 16.4. The second-order valence-corrected chi connectivity index (χ2v) is 8.01. The number of anilines is 2. The summed E-state index contributed by atoms with van der Waals surface area (Å²) in [4.78, 5) is 13.4. The minimum atomic E-state index is 0.165. The minimum Gasteiger partial charge on any atom is -0.377 e. The Morgan fingerprint density at radius 1 is 1.04 bits per heavy atom. The van der Waals surface area contributed by atoms with E-state index in [9.17, 15) is 4.79 Å². The van der Waals surface area contributed by atoms with Crippen molar-refractivity contribution in [2.75, 3.05) is 10.6 Å². The summed E-state index contributed by atoms with van der Waals surface area (Å²) < 4.78 is 0. The highest BCUT2D eigenvalue weighted by Crippen LogP contribution is 2.39. The lowest BCUT2D eigenvalue weighted by Gasteiger charge is -2.25. The van der Waals surface area contributed by atoms with E-state index in [1.807, 2.05) is 23.5 Å². The second kappa shape index (κ2) is 6.98. The molecular formula is C20H24N2OS. The van der Waals surface area contributed by atoms with Gasteiger partial charge in [-0.05, 0) is 61.2 Å². The number of hydrogen-bond donors (Lipinski definition) is 2. The molecule has 24 heavy (non-hydrogen) atoms. The van der Waals surface area contributed by atoms with Gasteiger partial charge >= 0.3 is 0 Å². The van der Waals surface area contributed by atoms with Crippen molar-refractivity contribution in [1.29, 1.82) is 0 Å². The van der Waals surface area contributed by atoms with E-state index >= 15 is 0 Å². The first-order valence-corrected chi connectivity index (χ1v) is 9.88. The smallest absolute Gasteiger partial charge is 0.227 e. The van der Waals surface area contributed by atoms with Gasteiger partial charge < -0.3 is 10.6 Å². The van der Waals surface area contributed by atoms with Crippen LogP contribution >= 0.6 is 11.3 Å². The van der Waals surface area contributed by atoms with E-state index in [4.69, 9.17) is 0 Å². The third-order valence-corrected chi connectivity index (χ3v) is 6.08. The number of thiophene rings is 1. The molecule has 1 unspecified atom stereocenters. The monoisotopic (exact) mass is 340 g/mol. The van der Waals surface area contributed by atoms with Crippen LogP contribution in [0.1, 0.15) is 49.4 Å². The van der Waals surface area contributed by atoms with E-state index in [0.29, 0.717) is 12.0 Å². The molecule has 0 bridgehead atoms. The predicted molar refractivity (Wildman–Crippen MR) is 100 cm³/mol. The van der Waals surface area contributed by atoms with Gasteiger partial charge in [0.2, 0.25) is 5.91 Å². The highest BCUT2D eigenvalue weighted by atomic mass is 32.1. The molecule has 0 radical (unpaired) electrons. The predicted octanol–water partition coefficient (Wildman–Crippen LogP) is 5.44. The van der Waals surface area contributed by atoms with Gasteiger partial charge in [-0.1, -0.05) is 25.0 Å². The molecule has 0 saturated heterocycles. The Bertz CT molecular complexity index is 687. The highest BCUT2D eigenvalue weighted by molar-refractivity contribution is 7.10. The number of hydrogen-bond acceptors (Lipinski definition) is 3. The maximum atomic E-state index is 12.0. The van der Waals surface area contributed by atoms with Gasteiger partial charge in [-0.2, -0.15) is 0 Å². The quantitative estimate of drug-likeness (QED) is 0.735. The summed E-state index contributed by atoms with van der Waals surface area (Å²) in [6.45, 7) is 0. The Hall–Kier alpha value is -1.81. The molecule has 2 N–H and O–H groups in total. The zero-order valence-corrected chi connectivity index (χ0v) is 14.6. The van der Waals surface area contributed by atoms with Crippen LogP contribution in [0.2, 0.25) is 0 Å². The average molecular weight is 340 g/mol. The first-order chi connectivity index (χ1) is 11.8. The number of carbonyl (C=O) groups excluding carboxylic acids is 1. The van der Waals surface area contributed by atoms with Gasteiger partial charge in [-0.3, -0.25) is 4.79 Å². The molecular weight excluding hydrogens is 316 g/mol. The summed E-state index contributed by atoms with van der Waals surface area (Å²) in [6.07, 6.45) is 7.34. The molecule has 1 amide bonds. The van der Waals surface area contributed by atoms with E-state index in [0.717, 1.165) is 24.2 Å². The Kier molecular flexibility index (Phi) is 4.56. The molecule has 1 aromatic carbocycles. The molecule has 2 saturated carbocycles. The molecule has 126 valence electrons. The zero-order valence-electron chi connectivity index (χ0n) is 13.8. The fourth-order valence-electron chi connectivity index (χ4n) is 3.64. The van der Waals surface area contributed by atoms with Gasteiger partial charge in [0.1, 0.15) is 0 Å². The van der Waals surface area contributed by atoms with Crippen LogP contribution < -0.4 is 10.6 Å². The van der Waals surface area contributed by atoms with E-state index in [1.165, 1.54) is 30.6 Å². The van der Waals surface area contributed by atoms with Gasteiger partial charge in [-0.25, -0.2) is 0 Å². The summed E-state index contributed by atoms with van der Waals surface area (Å²) in [7, 11) is 0. The summed E-state index contributed by atoms with van der Waals surface area (Å²) in [5.74, 6) is 1.10. The van der Waals surface area contributed by atoms with Crippen LogP contribution in [-0.4, -0.2) is 5.91 Å². The van der Waals surface area contributed by atoms with E-state index in [2.05, 4.69) is 40.3 Å². The summed E-state index contributed by atoms with van der Waals surface area (Å²) in [5, 5.41) is 8.94. The molecule has 2 fully saturated rings. The highest BCUT2D eigenvalue weighted by Gasteiger charge is 2.30. The first-order valence-electron chi connectivity index (χ1n) is 9.00. The van der Waals surface area contributed by atoms with Crippen LogP contribution in [0.25, 0.3) is 0 Å². The topological polar surface area (TPSA) is 41.1 Å². The molecule has 3 nitrogen and oxygen atoms in total. The standard InChI is InChI=1S/C20H24N2OS/c23-20(15-10-11-15)22-17-8-3-7-16(13-17)21-19(14-5-1-2-6-14)18-9-4-12-24-18/h3-4,7-9,12-15,19,21H,1-2,5-6,10-11H2,(H,22,23). The SMILES string of the molecule is O=C(Nc1cccc(NC(c2cccs2)C2CCCC2)c1)C1CC1. The Morgan fingerprint density at radius 2 is 1.83 bits per heavy atom. The lowest BCUT2D eigenvalue weighted by atomic mass is 9.96. The Morgan fingerprint density at radius 3 is 2.54 bits per heavy atom. The fourth-order valence-corrected chi connectivity index (χ4v) is 4.51.